The van der Waals surface area contributed by atoms with Crippen molar-refractivity contribution in [3.05, 3.63) is 83.4 Å². The Labute approximate surface area is 187 Å². The molecule has 5 nitrogen and oxygen atoms in total. The molecule has 1 unspecified atom stereocenters. The number of hydrogen-bond donors (Lipinski definition) is 1. The van der Waals surface area contributed by atoms with Gasteiger partial charge in [0.05, 0.1) is 17.7 Å². The van der Waals surface area contributed by atoms with Crippen molar-refractivity contribution < 1.29 is 19.4 Å². The molecule has 0 spiro atoms. The van der Waals surface area contributed by atoms with E-state index in [9.17, 15) is 14.7 Å². The third-order valence-electron chi connectivity index (χ3n) is 5.62. The van der Waals surface area contributed by atoms with Crippen LogP contribution in [0.15, 0.2) is 72.3 Å². The summed E-state index contributed by atoms with van der Waals surface area (Å²) in [7, 11) is 0. The number of likely N-dealkylation sites (tertiary alicyclic amines) is 1. The summed E-state index contributed by atoms with van der Waals surface area (Å²) in [4.78, 5) is 27.6. The standard InChI is InChI=1S/C27H27NO4/c1-4-16-28-24(22-11-7-9-18-8-5-6-10-21(18)22)23(26(30)27(28)31)25(29)19-12-14-20(15-13-19)32-17(2)3/h5-15,17,24,29H,4,16H2,1-3H3/b25-23-. The van der Waals surface area contributed by atoms with E-state index in [1.54, 1.807) is 29.2 Å². The Morgan fingerprint density at radius 3 is 2.38 bits per heavy atom. The van der Waals surface area contributed by atoms with Gasteiger partial charge in [0, 0.05) is 12.1 Å². The number of fused-ring (bicyclic) bond motifs is 1. The van der Waals surface area contributed by atoms with Crippen LogP contribution in [-0.2, 0) is 9.59 Å². The number of carbonyl (C=O) groups is 2. The summed E-state index contributed by atoms with van der Waals surface area (Å²) < 4.78 is 5.67. The van der Waals surface area contributed by atoms with Gasteiger partial charge in [0.2, 0.25) is 0 Å². The number of ether oxygens (including phenoxy) is 1. The first-order valence-corrected chi connectivity index (χ1v) is 11.0. The number of ketones is 1. The van der Waals surface area contributed by atoms with Crippen molar-refractivity contribution in [1.82, 2.24) is 4.90 Å². The molecule has 1 amide bonds. The van der Waals surface area contributed by atoms with E-state index in [2.05, 4.69) is 0 Å². The van der Waals surface area contributed by atoms with E-state index in [-0.39, 0.29) is 17.4 Å². The zero-order chi connectivity index (χ0) is 22.8. The lowest BCUT2D eigenvalue weighted by Crippen LogP contribution is -2.30. The molecule has 32 heavy (non-hydrogen) atoms. The summed E-state index contributed by atoms with van der Waals surface area (Å²) in [5.74, 6) is -0.730. The maximum Gasteiger partial charge on any atom is 0.295 e. The van der Waals surface area contributed by atoms with Crippen molar-refractivity contribution in [3.8, 4) is 5.75 Å². The molecular formula is C27H27NO4. The molecule has 1 heterocycles. The van der Waals surface area contributed by atoms with Crippen molar-refractivity contribution in [3.63, 3.8) is 0 Å². The highest BCUT2D eigenvalue weighted by molar-refractivity contribution is 6.46. The summed E-state index contributed by atoms with van der Waals surface area (Å²) >= 11 is 0. The van der Waals surface area contributed by atoms with E-state index in [1.807, 2.05) is 63.2 Å². The lowest BCUT2D eigenvalue weighted by atomic mass is 9.91. The van der Waals surface area contributed by atoms with Gasteiger partial charge in [-0.3, -0.25) is 9.59 Å². The summed E-state index contributed by atoms with van der Waals surface area (Å²) in [6, 6.07) is 20.0. The average molecular weight is 430 g/mol. The Kier molecular flexibility index (Phi) is 5.99. The molecule has 0 aromatic heterocycles. The predicted octanol–water partition coefficient (Wildman–Crippen LogP) is 5.46. The largest absolute Gasteiger partial charge is 0.507 e. The smallest absolute Gasteiger partial charge is 0.295 e. The highest BCUT2D eigenvalue weighted by Crippen LogP contribution is 2.42. The molecule has 1 saturated heterocycles. The second kappa shape index (κ2) is 8.87. The molecule has 0 saturated carbocycles. The Morgan fingerprint density at radius 1 is 1.00 bits per heavy atom. The van der Waals surface area contributed by atoms with Gasteiger partial charge in [0.15, 0.2) is 0 Å². The molecule has 5 heteroatoms. The third kappa shape index (κ3) is 3.86. The number of benzene rings is 3. The summed E-state index contributed by atoms with van der Waals surface area (Å²) in [6.45, 7) is 6.27. The van der Waals surface area contributed by atoms with E-state index in [1.165, 1.54) is 0 Å². The van der Waals surface area contributed by atoms with Crippen LogP contribution < -0.4 is 4.74 Å². The lowest BCUT2D eigenvalue weighted by molar-refractivity contribution is -0.139. The van der Waals surface area contributed by atoms with Crippen LogP contribution in [-0.4, -0.2) is 34.3 Å². The maximum atomic E-state index is 13.1. The van der Waals surface area contributed by atoms with Crippen molar-refractivity contribution >= 4 is 28.2 Å². The van der Waals surface area contributed by atoms with Gasteiger partial charge in [-0.1, -0.05) is 49.4 Å². The summed E-state index contributed by atoms with van der Waals surface area (Å²) in [5, 5.41) is 13.2. The Balaban J connectivity index is 1.88. The molecule has 1 fully saturated rings. The molecule has 0 bridgehead atoms. The second-order valence-electron chi connectivity index (χ2n) is 8.25. The fourth-order valence-electron chi connectivity index (χ4n) is 4.28. The molecule has 0 radical (unpaired) electrons. The monoisotopic (exact) mass is 429 g/mol. The minimum atomic E-state index is -0.656. The number of nitrogens with zero attached hydrogens (tertiary/aromatic N) is 1. The van der Waals surface area contributed by atoms with Crippen molar-refractivity contribution in [2.45, 2.75) is 39.3 Å². The lowest BCUT2D eigenvalue weighted by Gasteiger charge is -2.26. The molecule has 0 aliphatic carbocycles. The number of aliphatic hydroxyl groups excluding tert-OH is 1. The number of amides is 1. The molecular weight excluding hydrogens is 402 g/mol. The molecule has 164 valence electrons. The van der Waals surface area contributed by atoms with E-state index < -0.39 is 17.7 Å². The number of Topliss-reactive ketones (excluding diaryl/α,β-unsaturated/α-hetero) is 1. The Hall–Kier alpha value is -3.60. The minimum Gasteiger partial charge on any atom is -0.507 e. The molecule has 1 atom stereocenters. The van der Waals surface area contributed by atoms with Gasteiger partial charge in [0.25, 0.3) is 11.7 Å². The quantitative estimate of drug-likeness (QED) is 0.321. The summed E-state index contributed by atoms with van der Waals surface area (Å²) in [5.41, 5.74) is 1.43. The average Bonchev–Trinajstić information content (AvgIpc) is 3.03. The van der Waals surface area contributed by atoms with Crippen molar-refractivity contribution in [1.29, 1.82) is 0 Å². The van der Waals surface area contributed by atoms with Gasteiger partial charge in [-0.05, 0) is 60.9 Å². The van der Waals surface area contributed by atoms with Crippen molar-refractivity contribution in [2.75, 3.05) is 6.54 Å². The molecule has 3 aromatic carbocycles. The van der Waals surface area contributed by atoms with Crippen LogP contribution in [0.2, 0.25) is 0 Å². The van der Waals surface area contributed by atoms with E-state index in [0.717, 1.165) is 16.3 Å². The van der Waals surface area contributed by atoms with E-state index in [0.29, 0.717) is 24.3 Å². The van der Waals surface area contributed by atoms with Crippen LogP contribution in [0, 0.1) is 0 Å². The zero-order valence-electron chi connectivity index (χ0n) is 18.5. The van der Waals surface area contributed by atoms with Crippen LogP contribution in [0.4, 0.5) is 0 Å². The first-order valence-electron chi connectivity index (χ1n) is 11.0. The highest BCUT2D eigenvalue weighted by Gasteiger charge is 2.46. The Bertz CT molecular complexity index is 1190. The third-order valence-corrected chi connectivity index (χ3v) is 5.62. The van der Waals surface area contributed by atoms with Crippen LogP contribution in [0.25, 0.3) is 16.5 Å². The predicted molar refractivity (Wildman–Crippen MR) is 125 cm³/mol. The van der Waals surface area contributed by atoms with Gasteiger partial charge >= 0.3 is 0 Å². The second-order valence-corrected chi connectivity index (χ2v) is 8.25. The van der Waals surface area contributed by atoms with Gasteiger partial charge in [-0.2, -0.15) is 0 Å². The fourth-order valence-corrected chi connectivity index (χ4v) is 4.28. The number of aliphatic hydroxyl groups is 1. The molecule has 4 rings (SSSR count). The normalized spacial score (nSPS) is 18.0. The number of rotatable bonds is 6. The fraction of sp³-hybridized carbons (Fsp3) is 0.259. The van der Waals surface area contributed by atoms with Crippen LogP contribution in [0.1, 0.15) is 44.4 Å². The van der Waals surface area contributed by atoms with Gasteiger partial charge in [-0.15, -0.1) is 0 Å². The van der Waals surface area contributed by atoms with Gasteiger partial charge in [-0.25, -0.2) is 0 Å². The molecule has 3 aromatic rings. The van der Waals surface area contributed by atoms with Crippen LogP contribution >= 0.6 is 0 Å². The first kappa shape index (κ1) is 21.6. The Morgan fingerprint density at radius 2 is 1.69 bits per heavy atom. The number of carbonyl (C=O) groups excluding carboxylic acids is 2. The maximum absolute atomic E-state index is 13.1. The molecule has 1 aliphatic rings. The summed E-state index contributed by atoms with van der Waals surface area (Å²) in [6.07, 6.45) is 0.732. The minimum absolute atomic E-state index is 0.0279. The van der Waals surface area contributed by atoms with E-state index in [4.69, 9.17) is 4.74 Å². The van der Waals surface area contributed by atoms with Crippen LogP contribution in [0.3, 0.4) is 0 Å². The van der Waals surface area contributed by atoms with Crippen LogP contribution in [0.5, 0.6) is 5.75 Å². The molecule has 1 N–H and O–H groups in total. The SMILES string of the molecule is CCCN1C(=O)C(=O)/C(=C(\O)c2ccc(OC(C)C)cc2)C1c1cccc2ccccc12. The molecule has 1 aliphatic heterocycles. The first-order chi connectivity index (χ1) is 15.4. The highest BCUT2D eigenvalue weighted by atomic mass is 16.5. The van der Waals surface area contributed by atoms with E-state index >= 15 is 0 Å². The topological polar surface area (TPSA) is 66.8 Å². The number of hydrogen-bond acceptors (Lipinski definition) is 4. The van der Waals surface area contributed by atoms with Crippen molar-refractivity contribution in [2.24, 2.45) is 0 Å². The van der Waals surface area contributed by atoms with Gasteiger partial charge < -0.3 is 14.7 Å². The zero-order valence-corrected chi connectivity index (χ0v) is 18.5. The van der Waals surface area contributed by atoms with Gasteiger partial charge in [0.1, 0.15) is 11.5 Å².